The Bertz CT molecular complexity index is 823. The van der Waals surface area contributed by atoms with Gasteiger partial charge in [-0.05, 0) is 12.5 Å². The molecule has 8 heteroatoms. The van der Waals surface area contributed by atoms with E-state index >= 15 is 0 Å². The molecule has 2 spiro atoms. The van der Waals surface area contributed by atoms with Gasteiger partial charge in [0.05, 0.1) is 31.5 Å². The molecule has 150 valence electrons. The molecule has 3 fully saturated rings. The highest BCUT2D eigenvalue weighted by Gasteiger charge is 2.76. The van der Waals surface area contributed by atoms with Crippen LogP contribution in [0.5, 0.6) is 0 Å². The van der Waals surface area contributed by atoms with E-state index in [2.05, 4.69) is 0 Å². The van der Waals surface area contributed by atoms with Crippen LogP contribution in [0.4, 0.5) is 10.5 Å². The van der Waals surface area contributed by atoms with Gasteiger partial charge in [-0.15, -0.1) is 0 Å². The summed E-state index contributed by atoms with van der Waals surface area (Å²) in [5, 5.41) is 10.9. The second-order valence-corrected chi connectivity index (χ2v) is 7.87. The Morgan fingerprint density at radius 3 is 2.79 bits per heavy atom. The van der Waals surface area contributed by atoms with Crippen molar-refractivity contribution in [1.82, 2.24) is 0 Å². The summed E-state index contributed by atoms with van der Waals surface area (Å²) >= 11 is 0. The van der Waals surface area contributed by atoms with Gasteiger partial charge < -0.3 is 28.8 Å². The number of carbonyl (C=O) groups excluding carboxylic acids is 2. The summed E-state index contributed by atoms with van der Waals surface area (Å²) in [5.74, 6) is -1.28. The predicted octanol–water partition coefficient (Wildman–Crippen LogP) is 1.69. The van der Waals surface area contributed by atoms with Crippen LogP contribution in [0.3, 0.4) is 0 Å². The Balaban J connectivity index is 1.72. The van der Waals surface area contributed by atoms with Gasteiger partial charge in [-0.3, -0.25) is 4.90 Å². The van der Waals surface area contributed by atoms with Gasteiger partial charge >= 0.3 is 6.09 Å². The number of anilines is 1. The van der Waals surface area contributed by atoms with Crippen molar-refractivity contribution >= 4 is 18.1 Å². The van der Waals surface area contributed by atoms with Crippen LogP contribution in [0.2, 0.25) is 0 Å². The number of hydrogen-bond acceptors (Lipinski definition) is 7. The molecule has 1 amide bonds. The lowest BCUT2D eigenvalue weighted by Gasteiger charge is -2.51. The van der Waals surface area contributed by atoms with Crippen LogP contribution in [0.15, 0.2) is 24.3 Å². The molecule has 1 N–H and O–H groups in total. The van der Waals surface area contributed by atoms with Crippen molar-refractivity contribution in [2.75, 3.05) is 25.2 Å². The third kappa shape index (κ3) is 1.98. The lowest BCUT2D eigenvalue weighted by molar-refractivity contribution is -0.206. The third-order valence-corrected chi connectivity index (χ3v) is 6.92. The molecule has 1 saturated carbocycles. The number of nitrogens with zero attached hydrogens (tertiary/aromatic N) is 1. The largest absolute Gasteiger partial charge is 0.452 e. The maximum absolute atomic E-state index is 13.0. The molecule has 4 atom stereocenters. The fraction of sp³-hybridized carbons (Fsp3) is 0.600. The molecule has 4 aliphatic rings. The van der Waals surface area contributed by atoms with E-state index < -0.39 is 35.2 Å². The molecule has 3 aliphatic heterocycles. The Labute approximate surface area is 162 Å². The second-order valence-electron chi connectivity index (χ2n) is 7.87. The predicted molar refractivity (Wildman–Crippen MR) is 95.5 cm³/mol. The van der Waals surface area contributed by atoms with Crippen molar-refractivity contribution in [1.29, 1.82) is 0 Å². The lowest BCUT2D eigenvalue weighted by Crippen LogP contribution is -2.65. The average molecular weight is 389 g/mol. The minimum absolute atomic E-state index is 0.0276. The van der Waals surface area contributed by atoms with Crippen molar-refractivity contribution in [3.05, 3.63) is 29.8 Å². The molecular formula is C20H23NO7. The van der Waals surface area contributed by atoms with Crippen molar-refractivity contribution < 1.29 is 33.6 Å². The number of ether oxygens (including phenoxy) is 4. The first kappa shape index (κ1) is 18.1. The van der Waals surface area contributed by atoms with Crippen molar-refractivity contribution in [3.8, 4) is 0 Å². The molecule has 3 heterocycles. The first-order chi connectivity index (χ1) is 13.5. The molecule has 0 radical (unpaired) electrons. The molecule has 2 saturated heterocycles. The highest BCUT2D eigenvalue weighted by Crippen LogP contribution is 2.67. The monoisotopic (exact) mass is 389 g/mol. The Morgan fingerprint density at radius 2 is 2.07 bits per heavy atom. The number of fused-ring (bicyclic) bond motifs is 2. The second kappa shape index (κ2) is 6.00. The lowest BCUT2D eigenvalue weighted by atomic mass is 9.62. The first-order valence-electron chi connectivity index (χ1n) is 9.59. The van der Waals surface area contributed by atoms with Crippen LogP contribution in [-0.2, 0) is 29.3 Å². The number of rotatable bonds is 2. The van der Waals surface area contributed by atoms with E-state index in [0.717, 1.165) is 11.8 Å². The Kier molecular flexibility index (Phi) is 3.87. The van der Waals surface area contributed by atoms with Crippen molar-refractivity contribution in [2.24, 2.45) is 5.92 Å². The maximum atomic E-state index is 13.0. The maximum Gasteiger partial charge on any atom is 0.414 e. The van der Waals surface area contributed by atoms with Crippen LogP contribution in [-0.4, -0.2) is 55.4 Å². The smallest absolute Gasteiger partial charge is 0.414 e. The molecule has 0 aromatic heterocycles. The van der Waals surface area contributed by atoms with E-state index in [9.17, 15) is 14.7 Å². The summed E-state index contributed by atoms with van der Waals surface area (Å²) in [6, 6.07) is 7.35. The molecule has 1 aromatic rings. The molecular weight excluding hydrogens is 366 g/mol. The standard InChI is InChI=1S/C20H23NO7/c1-25-17(24)21-15-5-3-2-4-13(15)20(8-9-22)19(21)7-6-18(26-10-11-27-18)12-14(19)16(23)28-20/h2-5,9,14,16,23H,6-8,10-12H2,1H3. The van der Waals surface area contributed by atoms with E-state index in [1.807, 2.05) is 24.3 Å². The number of methoxy groups -OCH3 is 1. The molecule has 1 aliphatic carbocycles. The fourth-order valence-corrected chi connectivity index (χ4v) is 5.94. The van der Waals surface area contributed by atoms with Crippen LogP contribution >= 0.6 is 0 Å². The average Bonchev–Trinajstić information content (AvgIpc) is 3.31. The van der Waals surface area contributed by atoms with E-state index in [-0.39, 0.29) is 6.42 Å². The van der Waals surface area contributed by atoms with E-state index in [1.54, 1.807) is 4.90 Å². The molecule has 4 unspecified atom stereocenters. The van der Waals surface area contributed by atoms with Gasteiger partial charge in [0.2, 0.25) is 0 Å². The number of aliphatic hydroxyl groups is 1. The van der Waals surface area contributed by atoms with Crippen molar-refractivity contribution in [2.45, 2.75) is 48.9 Å². The normalized spacial score (nSPS) is 37.4. The minimum atomic E-state index is -1.16. The zero-order chi connectivity index (χ0) is 19.6. The highest BCUT2D eigenvalue weighted by molar-refractivity contribution is 5.94. The van der Waals surface area contributed by atoms with Gasteiger partial charge in [-0.2, -0.15) is 0 Å². The molecule has 8 nitrogen and oxygen atoms in total. The Hall–Kier alpha value is -2.00. The number of para-hydroxylation sites is 1. The van der Waals surface area contributed by atoms with Crippen LogP contribution in [0.25, 0.3) is 0 Å². The highest BCUT2D eigenvalue weighted by atomic mass is 16.7. The van der Waals surface area contributed by atoms with Gasteiger partial charge in [0.1, 0.15) is 11.9 Å². The summed E-state index contributed by atoms with van der Waals surface area (Å²) in [6.45, 7) is 0.994. The summed E-state index contributed by atoms with van der Waals surface area (Å²) in [6.07, 6.45) is 0.475. The van der Waals surface area contributed by atoms with Gasteiger partial charge in [0.15, 0.2) is 12.1 Å². The fourth-order valence-electron chi connectivity index (χ4n) is 5.94. The topological polar surface area (TPSA) is 94.5 Å². The van der Waals surface area contributed by atoms with Crippen LogP contribution < -0.4 is 4.90 Å². The third-order valence-electron chi connectivity index (χ3n) is 6.92. The first-order valence-corrected chi connectivity index (χ1v) is 9.59. The quantitative estimate of drug-likeness (QED) is 0.769. The van der Waals surface area contributed by atoms with Gasteiger partial charge in [-0.1, -0.05) is 18.2 Å². The van der Waals surface area contributed by atoms with E-state index in [4.69, 9.17) is 18.9 Å². The molecule has 28 heavy (non-hydrogen) atoms. The number of amides is 1. The zero-order valence-corrected chi connectivity index (χ0v) is 15.6. The Morgan fingerprint density at radius 1 is 1.32 bits per heavy atom. The van der Waals surface area contributed by atoms with E-state index in [1.165, 1.54) is 7.11 Å². The summed E-state index contributed by atoms with van der Waals surface area (Å²) < 4.78 is 23.1. The number of aldehydes is 1. The molecule has 0 bridgehead atoms. The number of hydrogen-bond donors (Lipinski definition) is 1. The van der Waals surface area contributed by atoms with Gasteiger partial charge in [0.25, 0.3) is 0 Å². The minimum Gasteiger partial charge on any atom is -0.452 e. The summed E-state index contributed by atoms with van der Waals surface area (Å²) in [7, 11) is 1.33. The zero-order valence-electron chi connectivity index (χ0n) is 15.6. The molecule has 1 aromatic carbocycles. The van der Waals surface area contributed by atoms with Gasteiger partial charge in [-0.25, -0.2) is 4.79 Å². The number of carbonyl (C=O) groups is 2. The summed E-state index contributed by atoms with van der Waals surface area (Å²) in [4.78, 5) is 26.3. The van der Waals surface area contributed by atoms with Crippen LogP contribution in [0, 0.1) is 5.92 Å². The number of aliphatic hydroxyl groups excluding tert-OH is 1. The number of benzene rings is 1. The SMILES string of the molecule is COC(=O)N1c2ccccc2C2(CC=O)OC(O)C3CC4(CCC312)OCCO4. The summed E-state index contributed by atoms with van der Waals surface area (Å²) in [5.41, 5.74) is -0.718. The van der Waals surface area contributed by atoms with E-state index in [0.29, 0.717) is 38.2 Å². The van der Waals surface area contributed by atoms with Crippen molar-refractivity contribution in [3.63, 3.8) is 0 Å². The van der Waals surface area contributed by atoms with Gasteiger partial charge in [0, 0.05) is 30.7 Å². The molecule has 5 rings (SSSR count). The van der Waals surface area contributed by atoms with Crippen LogP contribution in [0.1, 0.15) is 31.2 Å².